The van der Waals surface area contributed by atoms with Crippen LogP contribution in [0.25, 0.3) is 0 Å². The molecule has 17 heavy (non-hydrogen) atoms. The first-order valence-corrected chi connectivity index (χ1v) is 6.48. The third-order valence-corrected chi connectivity index (χ3v) is 2.52. The van der Waals surface area contributed by atoms with Gasteiger partial charge in [-0.1, -0.05) is 13.8 Å². The molecule has 0 aliphatic carbocycles. The fraction of sp³-hybridized carbons (Fsp3) is 0.692. The first kappa shape index (κ1) is 13.9. The molecule has 0 bridgehead atoms. The minimum atomic E-state index is 0.159. The average Bonchev–Trinajstić information content (AvgIpc) is 2.29. The van der Waals surface area contributed by atoms with Crippen LogP contribution in [0, 0.1) is 0 Å². The summed E-state index contributed by atoms with van der Waals surface area (Å²) in [5.41, 5.74) is 6.86. The van der Waals surface area contributed by atoms with Crippen LogP contribution in [0.15, 0.2) is 12.4 Å². The fourth-order valence-electron chi connectivity index (χ4n) is 1.84. The van der Waals surface area contributed by atoms with E-state index in [0.717, 1.165) is 43.9 Å². The van der Waals surface area contributed by atoms with Crippen molar-refractivity contribution in [2.24, 2.45) is 5.73 Å². The second-order valence-corrected chi connectivity index (χ2v) is 4.56. The molecule has 0 spiro atoms. The van der Waals surface area contributed by atoms with E-state index in [-0.39, 0.29) is 6.04 Å². The molecule has 1 rings (SSSR count). The SMILES string of the molecule is CCCN(CCC)c1ncc(CC(C)N)cn1. The van der Waals surface area contributed by atoms with Crippen molar-refractivity contribution in [1.29, 1.82) is 0 Å². The number of hydrogen-bond donors (Lipinski definition) is 1. The molecule has 0 aromatic carbocycles. The van der Waals surface area contributed by atoms with Crippen molar-refractivity contribution in [2.75, 3.05) is 18.0 Å². The Morgan fingerprint density at radius 3 is 2.12 bits per heavy atom. The maximum Gasteiger partial charge on any atom is 0.225 e. The van der Waals surface area contributed by atoms with Crippen molar-refractivity contribution in [3.05, 3.63) is 18.0 Å². The summed E-state index contributed by atoms with van der Waals surface area (Å²) in [6, 6.07) is 0.159. The Morgan fingerprint density at radius 2 is 1.71 bits per heavy atom. The lowest BCUT2D eigenvalue weighted by molar-refractivity contribution is 0.709. The van der Waals surface area contributed by atoms with Crippen LogP contribution in [-0.2, 0) is 6.42 Å². The van der Waals surface area contributed by atoms with Gasteiger partial charge in [-0.15, -0.1) is 0 Å². The van der Waals surface area contributed by atoms with Gasteiger partial charge in [-0.3, -0.25) is 0 Å². The summed E-state index contributed by atoms with van der Waals surface area (Å²) >= 11 is 0. The van der Waals surface area contributed by atoms with Gasteiger partial charge in [-0.25, -0.2) is 9.97 Å². The zero-order valence-electron chi connectivity index (χ0n) is 11.2. The molecule has 0 aliphatic rings. The van der Waals surface area contributed by atoms with Crippen LogP contribution in [-0.4, -0.2) is 29.1 Å². The Bertz CT molecular complexity index is 302. The van der Waals surface area contributed by atoms with Crippen LogP contribution in [0.1, 0.15) is 39.2 Å². The van der Waals surface area contributed by atoms with E-state index in [0.29, 0.717) is 0 Å². The molecule has 0 fully saturated rings. The molecule has 0 saturated carbocycles. The number of rotatable bonds is 7. The summed E-state index contributed by atoms with van der Waals surface area (Å²) < 4.78 is 0. The quantitative estimate of drug-likeness (QED) is 0.786. The summed E-state index contributed by atoms with van der Waals surface area (Å²) in [5.74, 6) is 0.835. The molecule has 4 heteroatoms. The topological polar surface area (TPSA) is 55.0 Å². The monoisotopic (exact) mass is 236 g/mol. The van der Waals surface area contributed by atoms with Crippen LogP contribution in [0.5, 0.6) is 0 Å². The minimum Gasteiger partial charge on any atom is -0.341 e. The Balaban J connectivity index is 2.69. The molecule has 1 heterocycles. The number of anilines is 1. The second kappa shape index (κ2) is 7.22. The lowest BCUT2D eigenvalue weighted by atomic mass is 10.1. The third kappa shape index (κ3) is 4.69. The van der Waals surface area contributed by atoms with Gasteiger partial charge in [0.25, 0.3) is 0 Å². The van der Waals surface area contributed by atoms with E-state index < -0.39 is 0 Å². The van der Waals surface area contributed by atoms with Crippen molar-refractivity contribution in [3.8, 4) is 0 Å². The van der Waals surface area contributed by atoms with Gasteiger partial charge in [0, 0.05) is 31.5 Å². The van der Waals surface area contributed by atoms with E-state index in [1.54, 1.807) is 0 Å². The van der Waals surface area contributed by atoms with E-state index in [2.05, 4.69) is 28.7 Å². The van der Waals surface area contributed by atoms with Crippen LogP contribution in [0.2, 0.25) is 0 Å². The van der Waals surface area contributed by atoms with E-state index in [1.807, 2.05) is 19.3 Å². The molecule has 2 N–H and O–H groups in total. The molecule has 0 amide bonds. The number of nitrogens with two attached hydrogens (primary N) is 1. The smallest absolute Gasteiger partial charge is 0.225 e. The highest BCUT2D eigenvalue weighted by Gasteiger charge is 2.07. The summed E-state index contributed by atoms with van der Waals surface area (Å²) in [5, 5.41) is 0. The summed E-state index contributed by atoms with van der Waals surface area (Å²) in [7, 11) is 0. The van der Waals surface area contributed by atoms with Gasteiger partial charge in [-0.2, -0.15) is 0 Å². The predicted molar refractivity (Wildman–Crippen MR) is 72.2 cm³/mol. The first-order valence-electron chi connectivity index (χ1n) is 6.48. The first-order chi connectivity index (χ1) is 8.17. The van der Waals surface area contributed by atoms with Crippen molar-refractivity contribution in [1.82, 2.24) is 9.97 Å². The molecular weight excluding hydrogens is 212 g/mol. The molecule has 0 saturated heterocycles. The van der Waals surface area contributed by atoms with Crippen molar-refractivity contribution < 1.29 is 0 Å². The van der Waals surface area contributed by atoms with E-state index in [1.165, 1.54) is 0 Å². The van der Waals surface area contributed by atoms with Gasteiger partial charge in [0.15, 0.2) is 0 Å². The zero-order valence-corrected chi connectivity index (χ0v) is 11.2. The molecular formula is C13H24N4. The molecule has 1 aromatic heterocycles. The Kier molecular flexibility index (Phi) is 5.91. The van der Waals surface area contributed by atoms with Gasteiger partial charge < -0.3 is 10.6 Å². The Labute approximate surface area is 104 Å². The summed E-state index contributed by atoms with van der Waals surface area (Å²) in [4.78, 5) is 11.1. The van der Waals surface area contributed by atoms with Gasteiger partial charge >= 0.3 is 0 Å². The molecule has 96 valence electrons. The Morgan fingerprint density at radius 1 is 1.18 bits per heavy atom. The highest BCUT2D eigenvalue weighted by molar-refractivity contribution is 5.29. The second-order valence-electron chi connectivity index (χ2n) is 4.56. The standard InChI is InChI=1S/C13H24N4/c1-4-6-17(7-5-2)13-15-9-12(10-16-13)8-11(3)14/h9-11H,4-8,14H2,1-3H3. The lowest BCUT2D eigenvalue weighted by Gasteiger charge is -2.21. The normalized spacial score (nSPS) is 12.5. The van der Waals surface area contributed by atoms with Gasteiger partial charge in [0.2, 0.25) is 5.95 Å². The van der Waals surface area contributed by atoms with E-state index in [9.17, 15) is 0 Å². The van der Waals surface area contributed by atoms with Crippen molar-refractivity contribution in [2.45, 2.75) is 46.1 Å². The Hall–Kier alpha value is -1.16. The van der Waals surface area contributed by atoms with Gasteiger partial charge in [0.1, 0.15) is 0 Å². The van der Waals surface area contributed by atoms with Crippen molar-refractivity contribution in [3.63, 3.8) is 0 Å². The van der Waals surface area contributed by atoms with E-state index in [4.69, 9.17) is 5.73 Å². The van der Waals surface area contributed by atoms with Crippen LogP contribution in [0.4, 0.5) is 5.95 Å². The van der Waals surface area contributed by atoms with Crippen LogP contribution in [0.3, 0.4) is 0 Å². The summed E-state index contributed by atoms with van der Waals surface area (Å²) in [6.07, 6.45) is 6.85. The molecule has 0 radical (unpaired) electrons. The van der Waals surface area contributed by atoms with Crippen LogP contribution < -0.4 is 10.6 Å². The predicted octanol–water partition coefficient (Wildman–Crippen LogP) is 1.99. The molecule has 1 aromatic rings. The summed E-state index contributed by atoms with van der Waals surface area (Å²) in [6.45, 7) is 8.37. The van der Waals surface area contributed by atoms with Gasteiger partial charge in [0.05, 0.1) is 0 Å². The van der Waals surface area contributed by atoms with E-state index >= 15 is 0 Å². The number of nitrogens with zero attached hydrogens (tertiary/aromatic N) is 3. The van der Waals surface area contributed by atoms with Crippen molar-refractivity contribution >= 4 is 5.95 Å². The third-order valence-electron chi connectivity index (χ3n) is 2.52. The lowest BCUT2D eigenvalue weighted by Crippen LogP contribution is -2.27. The highest BCUT2D eigenvalue weighted by atomic mass is 15.2. The molecule has 0 aliphatic heterocycles. The maximum absolute atomic E-state index is 5.75. The van der Waals surface area contributed by atoms with Gasteiger partial charge in [-0.05, 0) is 31.7 Å². The zero-order chi connectivity index (χ0) is 12.7. The molecule has 1 atom stereocenters. The molecule has 1 unspecified atom stereocenters. The number of hydrogen-bond acceptors (Lipinski definition) is 4. The van der Waals surface area contributed by atoms with Crippen LogP contribution >= 0.6 is 0 Å². The highest BCUT2D eigenvalue weighted by Crippen LogP contribution is 2.09. The molecule has 4 nitrogen and oxygen atoms in total. The average molecular weight is 236 g/mol. The minimum absolute atomic E-state index is 0.159. The fourth-order valence-corrected chi connectivity index (χ4v) is 1.84. The number of aromatic nitrogens is 2. The maximum atomic E-state index is 5.75. The largest absolute Gasteiger partial charge is 0.341 e.